The van der Waals surface area contributed by atoms with E-state index in [-0.39, 0.29) is 4.90 Å². The van der Waals surface area contributed by atoms with Crippen molar-refractivity contribution in [1.29, 1.82) is 0 Å². The van der Waals surface area contributed by atoms with E-state index in [4.69, 9.17) is 4.55 Å². The number of hydrogen-bond acceptors (Lipinski definition) is 2. The Bertz CT molecular complexity index is 411. The van der Waals surface area contributed by atoms with Crippen molar-refractivity contribution in [3.63, 3.8) is 0 Å². The number of hydrogen-bond donors (Lipinski definition) is 1. The highest BCUT2D eigenvalue weighted by molar-refractivity contribution is 7.85. The van der Waals surface area contributed by atoms with Crippen molar-refractivity contribution in [2.24, 2.45) is 0 Å². The number of benzene rings is 1. The summed E-state index contributed by atoms with van der Waals surface area (Å²) in [6.45, 7) is 1.61. The van der Waals surface area contributed by atoms with Crippen LogP contribution in [0.15, 0.2) is 23.1 Å². The van der Waals surface area contributed by atoms with Gasteiger partial charge in [0.1, 0.15) is 0 Å². The molecule has 0 spiro atoms. The van der Waals surface area contributed by atoms with E-state index in [2.05, 4.69) is 5.32 Å². The Morgan fingerprint density at radius 2 is 2.00 bits per heavy atom. The number of aryl methyl sites for hydroxylation is 1. The standard InChI is InChI=1S/C8H10NO3S/c1-6-5-7(9-2)3-4-8(6)13(10,11)12/h3-5H,1-2H3,(H,10,11,12). The lowest BCUT2D eigenvalue weighted by Gasteiger charge is -2.03. The Balaban J connectivity index is 3.29. The van der Waals surface area contributed by atoms with Crippen molar-refractivity contribution in [2.75, 3.05) is 7.05 Å². The van der Waals surface area contributed by atoms with Crippen molar-refractivity contribution in [2.45, 2.75) is 11.8 Å². The van der Waals surface area contributed by atoms with Gasteiger partial charge in [-0.3, -0.25) is 9.87 Å². The van der Waals surface area contributed by atoms with Gasteiger partial charge in [-0.2, -0.15) is 8.42 Å². The van der Waals surface area contributed by atoms with Crippen LogP contribution in [0.2, 0.25) is 0 Å². The van der Waals surface area contributed by atoms with E-state index < -0.39 is 10.1 Å². The summed E-state index contributed by atoms with van der Waals surface area (Å²) >= 11 is 0. The second-order valence-electron chi connectivity index (χ2n) is 2.65. The molecule has 5 heteroatoms. The molecule has 1 aromatic carbocycles. The van der Waals surface area contributed by atoms with Gasteiger partial charge in [0.2, 0.25) is 0 Å². The highest BCUT2D eigenvalue weighted by Gasteiger charge is 2.12. The summed E-state index contributed by atoms with van der Waals surface area (Å²) < 4.78 is 30.3. The van der Waals surface area contributed by atoms with Crippen molar-refractivity contribution in [3.05, 3.63) is 23.8 Å². The first-order valence-electron chi connectivity index (χ1n) is 3.63. The molecule has 1 aromatic rings. The summed E-state index contributed by atoms with van der Waals surface area (Å²) in [6.07, 6.45) is 0. The fourth-order valence-corrected chi connectivity index (χ4v) is 1.77. The van der Waals surface area contributed by atoms with Gasteiger partial charge in [-0.1, -0.05) is 0 Å². The second-order valence-corrected chi connectivity index (χ2v) is 4.04. The van der Waals surface area contributed by atoms with E-state index >= 15 is 0 Å². The van der Waals surface area contributed by atoms with Crippen molar-refractivity contribution < 1.29 is 13.0 Å². The van der Waals surface area contributed by atoms with Gasteiger partial charge in [-0.05, 0) is 30.7 Å². The van der Waals surface area contributed by atoms with E-state index in [0.717, 1.165) is 0 Å². The first-order valence-corrected chi connectivity index (χ1v) is 5.07. The Kier molecular flexibility index (Phi) is 2.58. The summed E-state index contributed by atoms with van der Waals surface area (Å²) in [7, 11) is -2.49. The maximum absolute atomic E-state index is 10.8. The molecule has 0 atom stereocenters. The van der Waals surface area contributed by atoms with E-state index in [9.17, 15) is 8.42 Å². The molecule has 0 saturated carbocycles. The van der Waals surface area contributed by atoms with Crippen molar-refractivity contribution in [3.8, 4) is 0 Å². The third-order valence-electron chi connectivity index (χ3n) is 1.69. The average molecular weight is 200 g/mol. The van der Waals surface area contributed by atoms with Gasteiger partial charge in [0.15, 0.2) is 0 Å². The zero-order valence-electron chi connectivity index (χ0n) is 7.35. The second kappa shape index (κ2) is 3.35. The van der Waals surface area contributed by atoms with Crippen LogP contribution < -0.4 is 5.32 Å². The molecule has 1 radical (unpaired) electrons. The molecule has 0 aliphatic carbocycles. The molecule has 1 rings (SSSR count). The molecule has 0 bridgehead atoms. The van der Waals surface area contributed by atoms with Crippen LogP contribution in [-0.4, -0.2) is 20.0 Å². The van der Waals surface area contributed by atoms with E-state index in [0.29, 0.717) is 11.3 Å². The van der Waals surface area contributed by atoms with Gasteiger partial charge < -0.3 is 0 Å². The topological polar surface area (TPSA) is 68.5 Å². The normalized spacial score (nSPS) is 11.3. The Hall–Kier alpha value is -1.07. The van der Waals surface area contributed by atoms with Crippen LogP contribution >= 0.6 is 0 Å². The minimum atomic E-state index is -4.10. The molecule has 0 amide bonds. The highest BCUT2D eigenvalue weighted by Crippen LogP contribution is 2.18. The van der Waals surface area contributed by atoms with E-state index in [1.165, 1.54) is 12.1 Å². The average Bonchev–Trinajstić information content (AvgIpc) is 2.01. The Morgan fingerprint density at radius 1 is 1.38 bits per heavy atom. The van der Waals surface area contributed by atoms with Crippen LogP contribution in [0.25, 0.3) is 0 Å². The SMILES string of the molecule is C[N]c1ccc(S(=O)(=O)O)c(C)c1. The summed E-state index contributed by atoms with van der Waals surface area (Å²) in [5.41, 5.74) is 1.18. The smallest absolute Gasteiger partial charge is 0.289 e. The third kappa shape index (κ3) is 2.19. The molecule has 1 N–H and O–H groups in total. The Morgan fingerprint density at radius 3 is 2.38 bits per heavy atom. The maximum Gasteiger partial charge on any atom is 0.294 e. The van der Waals surface area contributed by atoms with Gasteiger partial charge in [-0.25, -0.2) is 0 Å². The summed E-state index contributed by atoms with van der Waals surface area (Å²) in [5, 5.41) is 3.88. The van der Waals surface area contributed by atoms with E-state index in [1.54, 1.807) is 20.0 Å². The van der Waals surface area contributed by atoms with Crippen molar-refractivity contribution >= 4 is 15.8 Å². The molecule has 0 aromatic heterocycles. The molecule has 0 aliphatic rings. The van der Waals surface area contributed by atoms with Crippen molar-refractivity contribution in [1.82, 2.24) is 5.32 Å². The molecular weight excluding hydrogens is 190 g/mol. The Labute approximate surface area is 77.3 Å². The van der Waals surface area contributed by atoms with Gasteiger partial charge >= 0.3 is 0 Å². The summed E-state index contributed by atoms with van der Waals surface area (Å²) in [6, 6.07) is 4.48. The van der Waals surface area contributed by atoms with Crippen LogP contribution in [-0.2, 0) is 10.1 Å². The van der Waals surface area contributed by atoms with E-state index in [1.807, 2.05) is 0 Å². The molecule has 0 fully saturated rings. The molecule has 13 heavy (non-hydrogen) atoms. The van der Waals surface area contributed by atoms with Crippen LogP contribution in [0.4, 0.5) is 5.69 Å². The monoisotopic (exact) mass is 200 g/mol. The largest absolute Gasteiger partial charge is 0.294 e. The summed E-state index contributed by atoms with van der Waals surface area (Å²) in [4.78, 5) is -0.0695. The highest BCUT2D eigenvalue weighted by atomic mass is 32.2. The number of nitrogens with zero attached hydrogens (tertiary/aromatic N) is 1. The molecule has 71 valence electrons. The molecular formula is C8H10NO3S. The van der Waals surface area contributed by atoms with Crippen LogP contribution in [0.1, 0.15) is 5.56 Å². The van der Waals surface area contributed by atoms with Gasteiger partial charge in [-0.15, -0.1) is 0 Å². The minimum Gasteiger partial charge on any atom is -0.289 e. The lowest BCUT2D eigenvalue weighted by Crippen LogP contribution is -2.01. The molecule has 0 heterocycles. The first-order chi connectivity index (χ1) is 5.95. The fourth-order valence-electron chi connectivity index (χ4n) is 1.06. The number of rotatable bonds is 2. The maximum atomic E-state index is 10.8. The molecule has 0 aliphatic heterocycles. The zero-order chi connectivity index (χ0) is 10.1. The fraction of sp³-hybridized carbons (Fsp3) is 0.250. The van der Waals surface area contributed by atoms with Crippen LogP contribution in [0, 0.1) is 6.92 Å². The van der Waals surface area contributed by atoms with Crippen LogP contribution in [0.3, 0.4) is 0 Å². The predicted molar refractivity (Wildman–Crippen MR) is 48.7 cm³/mol. The summed E-state index contributed by atoms with van der Waals surface area (Å²) in [5.74, 6) is 0. The predicted octanol–water partition coefficient (Wildman–Crippen LogP) is 1.11. The van der Waals surface area contributed by atoms with Gasteiger partial charge in [0, 0.05) is 7.05 Å². The van der Waals surface area contributed by atoms with Gasteiger partial charge in [0.25, 0.3) is 10.1 Å². The van der Waals surface area contributed by atoms with Crippen LogP contribution in [0.5, 0.6) is 0 Å². The quantitative estimate of drug-likeness (QED) is 0.727. The molecule has 4 nitrogen and oxygen atoms in total. The first kappa shape index (κ1) is 10.0. The van der Waals surface area contributed by atoms with Gasteiger partial charge in [0.05, 0.1) is 10.6 Å². The lowest BCUT2D eigenvalue weighted by molar-refractivity contribution is 0.482. The minimum absolute atomic E-state index is 0.0695. The molecule has 0 saturated heterocycles. The third-order valence-corrected chi connectivity index (χ3v) is 2.71. The molecule has 0 unspecified atom stereocenters. The zero-order valence-corrected chi connectivity index (χ0v) is 8.17. The lowest BCUT2D eigenvalue weighted by atomic mass is 10.2.